The summed E-state index contributed by atoms with van der Waals surface area (Å²) < 4.78 is 5.48. The monoisotopic (exact) mass is 385 g/mol. The first-order valence-electron chi connectivity index (χ1n) is 8.40. The standard InChI is InChI=1S/C20H20ClN3O3/c1-13-6-8-17(27-13)20(2,26)12-23-18-9-7-14(11-22-18)19(25)24-16-5-3-4-15(21)10-16/h3-11,26H,12H2,1-2H3,(H,22,23)(H,24,25). The van der Waals surface area contributed by atoms with E-state index in [4.69, 9.17) is 16.0 Å². The Hall–Kier alpha value is -2.83. The first-order valence-corrected chi connectivity index (χ1v) is 8.77. The maximum Gasteiger partial charge on any atom is 0.257 e. The highest BCUT2D eigenvalue weighted by atomic mass is 35.5. The van der Waals surface area contributed by atoms with Crippen LogP contribution in [0.3, 0.4) is 0 Å². The Kier molecular flexibility index (Phi) is 5.48. The Balaban J connectivity index is 1.60. The molecule has 3 N–H and O–H groups in total. The quantitative estimate of drug-likeness (QED) is 0.591. The van der Waals surface area contributed by atoms with Gasteiger partial charge in [0.15, 0.2) is 0 Å². The summed E-state index contributed by atoms with van der Waals surface area (Å²) in [6.45, 7) is 3.69. The van der Waals surface area contributed by atoms with Crippen LogP contribution in [0.2, 0.25) is 5.02 Å². The Labute approximate surface area is 162 Å². The average molecular weight is 386 g/mol. The van der Waals surface area contributed by atoms with Crippen molar-refractivity contribution in [2.24, 2.45) is 0 Å². The smallest absolute Gasteiger partial charge is 0.257 e. The number of rotatable bonds is 6. The molecule has 0 saturated carbocycles. The Morgan fingerprint density at radius 3 is 2.70 bits per heavy atom. The number of halogens is 1. The highest BCUT2D eigenvalue weighted by molar-refractivity contribution is 6.30. The Morgan fingerprint density at radius 2 is 2.07 bits per heavy atom. The number of nitrogens with zero attached hydrogens (tertiary/aromatic N) is 1. The average Bonchev–Trinajstić information content (AvgIpc) is 3.08. The summed E-state index contributed by atoms with van der Waals surface area (Å²) in [6, 6.07) is 13.8. The maximum atomic E-state index is 12.3. The fourth-order valence-corrected chi connectivity index (χ4v) is 2.67. The number of pyridine rings is 1. The molecule has 1 amide bonds. The lowest BCUT2D eigenvalue weighted by Crippen LogP contribution is -2.30. The number of hydrogen-bond donors (Lipinski definition) is 3. The van der Waals surface area contributed by atoms with Crippen molar-refractivity contribution in [1.29, 1.82) is 0 Å². The van der Waals surface area contributed by atoms with E-state index in [0.717, 1.165) is 5.76 Å². The van der Waals surface area contributed by atoms with Crippen LogP contribution < -0.4 is 10.6 Å². The molecular weight excluding hydrogens is 366 g/mol. The van der Waals surface area contributed by atoms with Crippen molar-refractivity contribution in [3.8, 4) is 0 Å². The van der Waals surface area contributed by atoms with Crippen molar-refractivity contribution < 1.29 is 14.3 Å². The molecule has 1 atom stereocenters. The SMILES string of the molecule is Cc1ccc(C(C)(O)CNc2ccc(C(=O)Nc3cccc(Cl)c3)cn2)o1. The number of furan rings is 1. The lowest BCUT2D eigenvalue weighted by Gasteiger charge is -2.21. The number of benzene rings is 1. The lowest BCUT2D eigenvalue weighted by atomic mass is 10.0. The molecular formula is C20H20ClN3O3. The van der Waals surface area contributed by atoms with Gasteiger partial charge in [-0.3, -0.25) is 4.79 Å². The van der Waals surface area contributed by atoms with Gasteiger partial charge in [0.2, 0.25) is 0 Å². The van der Waals surface area contributed by atoms with Crippen LogP contribution in [0.25, 0.3) is 0 Å². The van der Waals surface area contributed by atoms with Crippen LogP contribution in [0.1, 0.15) is 28.8 Å². The van der Waals surface area contributed by atoms with E-state index in [-0.39, 0.29) is 12.5 Å². The third-order valence-corrected chi connectivity index (χ3v) is 4.23. The molecule has 0 radical (unpaired) electrons. The Bertz CT molecular complexity index is 936. The molecule has 6 nitrogen and oxygen atoms in total. The van der Waals surface area contributed by atoms with Crippen molar-refractivity contribution in [2.45, 2.75) is 19.4 Å². The summed E-state index contributed by atoms with van der Waals surface area (Å²) in [6.07, 6.45) is 1.47. The summed E-state index contributed by atoms with van der Waals surface area (Å²) in [5.74, 6) is 1.47. The van der Waals surface area contributed by atoms with Crippen molar-refractivity contribution in [3.05, 3.63) is 76.8 Å². The molecule has 0 saturated heterocycles. The molecule has 1 unspecified atom stereocenters. The largest absolute Gasteiger partial charge is 0.463 e. The molecule has 3 aromatic rings. The summed E-state index contributed by atoms with van der Waals surface area (Å²) >= 11 is 5.91. The van der Waals surface area contributed by atoms with E-state index in [1.807, 2.05) is 6.92 Å². The van der Waals surface area contributed by atoms with Crippen molar-refractivity contribution in [3.63, 3.8) is 0 Å². The first-order chi connectivity index (χ1) is 12.8. The van der Waals surface area contributed by atoms with Crippen LogP contribution in [-0.2, 0) is 5.60 Å². The number of anilines is 2. The zero-order valence-electron chi connectivity index (χ0n) is 15.0. The normalized spacial score (nSPS) is 13.0. The number of aromatic nitrogens is 1. The van der Waals surface area contributed by atoms with E-state index >= 15 is 0 Å². The van der Waals surface area contributed by atoms with Gasteiger partial charge in [-0.05, 0) is 56.3 Å². The molecule has 7 heteroatoms. The van der Waals surface area contributed by atoms with Gasteiger partial charge in [-0.25, -0.2) is 4.98 Å². The third-order valence-electron chi connectivity index (χ3n) is 3.99. The molecule has 140 valence electrons. The second-order valence-electron chi connectivity index (χ2n) is 6.43. The predicted molar refractivity (Wildman–Crippen MR) is 105 cm³/mol. The maximum absolute atomic E-state index is 12.3. The molecule has 0 aliphatic heterocycles. The second kappa shape index (κ2) is 7.82. The molecule has 3 rings (SSSR count). The van der Waals surface area contributed by atoms with Gasteiger partial charge in [0, 0.05) is 16.9 Å². The van der Waals surface area contributed by atoms with Gasteiger partial charge in [-0.2, -0.15) is 0 Å². The minimum Gasteiger partial charge on any atom is -0.463 e. The molecule has 2 heterocycles. The predicted octanol–water partition coefficient (Wildman–Crippen LogP) is 4.21. The molecule has 0 bridgehead atoms. The summed E-state index contributed by atoms with van der Waals surface area (Å²) in [5.41, 5.74) is -0.160. The van der Waals surface area contributed by atoms with Crippen molar-refractivity contribution in [2.75, 3.05) is 17.2 Å². The van der Waals surface area contributed by atoms with Crippen LogP contribution in [0.15, 0.2) is 59.1 Å². The minimum absolute atomic E-state index is 0.209. The van der Waals surface area contributed by atoms with E-state index in [0.29, 0.717) is 27.9 Å². The van der Waals surface area contributed by atoms with E-state index in [9.17, 15) is 9.90 Å². The summed E-state index contributed by atoms with van der Waals surface area (Å²) in [4.78, 5) is 16.5. The number of carbonyl (C=O) groups is 1. The number of nitrogens with one attached hydrogen (secondary N) is 2. The fraction of sp³-hybridized carbons (Fsp3) is 0.200. The molecule has 0 aliphatic carbocycles. The van der Waals surface area contributed by atoms with Gasteiger partial charge in [0.25, 0.3) is 5.91 Å². The van der Waals surface area contributed by atoms with Gasteiger partial charge in [-0.1, -0.05) is 17.7 Å². The minimum atomic E-state index is -1.18. The molecule has 0 aliphatic rings. The molecule has 0 fully saturated rings. The first kappa shape index (κ1) is 18.9. The molecule has 0 spiro atoms. The van der Waals surface area contributed by atoms with E-state index in [1.54, 1.807) is 55.5 Å². The van der Waals surface area contributed by atoms with E-state index in [2.05, 4.69) is 15.6 Å². The fourth-order valence-electron chi connectivity index (χ4n) is 2.48. The summed E-state index contributed by atoms with van der Waals surface area (Å²) in [5, 5.41) is 16.9. The van der Waals surface area contributed by atoms with Gasteiger partial charge >= 0.3 is 0 Å². The van der Waals surface area contributed by atoms with Crippen molar-refractivity contribution in [1.82, 2.24) is 4.98 Å². The number of amides is 1. The van der Waals surface area contributed by atoms with Crippen LogP contribution >= 0.6 is 11.6 Å². The number of hydrogen-bond acceptors (Lipinski definition) is 5. The van der Waals surface area contributed by atoms with Gasteiger partial charge < -0.3 is 20.2 Å². The zero-order chi connectivity index (χ0) is 19.4. The van der Waals surface area contributed by atoms with Crippen LogP contribution in [0, 0.1) is 6.92 Å². The summed E-state index contributed by atoms with van der Waals surface area (Å²) in [7, 11) is 0. The van der Waals surface area contributed by atoms with Gasteiger partial charge in [-0.15, -0.1) is 0 Å². The highest BCUT2D eigenvalue weighted by Crippen LogP contribution is 2.23. The van der Waals surface area contributed by atoms with E-state index in [1.165, 1.54) is 6.20 Å². The Morgan fingerprint density at radius 1 is 1.26 bits per heavy atom. The second-order valence-corrected chi connectivity index (χ2v) is 6.87. The number of aliphatic hydroxyl groups is 1. The van der Waals surface area contributed by atoms with Crippen molar-refractivity contribution >= 4 is 29.0 Å². The lowest BCUT2D eigenvalue weighted by molar-refractivity contribution is 0.0467. The zero-order valence-corrected chi connectivity index (χ0v) is 15.7. The van der Waals surface area contributed by atoms with Crippen LogP contribution in [-0.4, -0.2) is 22.5 Å². The van der Waals surface area contributed by atoms with Crippen LogP contribution in [0.5, 0.6) is 0 Å². The van der Waals surface area contributed by atoms with Gasteiger partial charge in [0.1, 0.15) is 22.9 Å². The molecule has 2 aromatic heterocycles. The third kappa shape index (κ3) is 4.87. The van der Waals surface area contributed by atoms with E-state index < -0.39 is 5.60 Å². The van der Waals surface area contributed by atoms with Gasteiger partial charge in [0.05, 0.1) is 12.1 Å². The number of carbonyl (C=O) groups excluding carboxylic acids is 1. The molecule has 27 heavy (non-hydrogen) atoms. The number of aryl methyl sites for hydroxylation is 1. The highest BCUT2D eigenvalue weighted by Gasteiger charge is 2.26. The topological polar surface area (TPSA) is 87.4 Å². The molecule has 1 aromatic carbocycles. The van der Waals surface area contributed by atoms with Crippen LogP contribution in [0.4, 0.5) is 11.5 Å².